The highest BCUT2D eigenvalue weighted by atomic mass is 19.3. The van der Waals surface area contributed by atoms with E-state index in [1.807, 2.05) is 6.92 Å². The molecule has 1 heterocycles. The number of rotatable bonds is 6. The van der Waals surface area contributed by atoms with Crippen molar-refractivity contribution in [2.45, 2.75) is 26.5 Å². The van der Waals surface area contributed by atoms with Crippen molar-refractivity contribution in [3.63, 3.8) is 0 Å². The summed E-state index contributed by atoms with van der Waals surface area (Å²) < 4.78 is 30.6. The molecule has 0 N–H and O–H groups in total. The number of alkyl halides is 2. The zero-order valence-corrected chi connectivity index (χ0v) is 10.9. The molecule has 0 aliphatic carbocycles. The van der Waals surface area contributed by atoms with Gasteiger partial charge in [0.05, 0.1) is 11.8 Å². The summed E-state index contributed by atoms with van der Waals surface area (Å²) in [5, 5.41) is 4.07. The van der Waals surface area contributed by atoms with E-state index < -0.39 is 6.61 Å². The first-order valence-corrected chi connectivity index (χ1v) is 6.18. The molecule has 106 valence electrons. The van der Waals surface area contributed by atoms with Crippen molar-refractivity contribution in [3.8, 4) is 5.75 Å². The Bertz CT molecular complexity index is 596. The highest BCUT2D eigenvalue weighted by Crippen LogP contribution is 2.22. The van der Waals surface area contributed by atoms with E-state index in [1.165, 1.54) is 12.1 Å². The molecule has 2 rings (SSSR count). The minimum Gasteiger partial charge on any atom is -0.434 e. The smallest absolute Gasteiger partial charge is 0.387 e. The van der Waals surface area contributed by atoms with Crippen molar-refractivity contribution in [3.05, 3.63) is 47.8 Å². The van der Waals surface area contributed by atoms with E-state index in [2.05, 4.69) is 9.84 Å². The number of carbonyl (C=O) groups is 1. The molecule has 20 heavy (non-hydrogen) atoms. The molecule has 0 aliphatic rings. The predicted molar refractivity (Wildman–Crippen MR) is 69.0 cm³/mol. The number of nitrogens with zero attached hydrogens (tertiary/aromatic N) is 2. The summed E-state index contributed by atoms with van der Waals surface area (Å²) in [4.78, 5) is 12.2. The van der Waals surface area contributed by atoms with Gasteiger partial charge in [-0.05, 0) is 24.6 Å². The third-order valence-corrected chi connectivity index (χ3v) is 2.78. The van der Waals surface area contributed by atoms with Crippen LogP contribution in [0.4, 0.5) is 8.78 Å². The maximum Gasteiger partial charge on any atom is 0.387 e. The van der Waals surface area contributed by atoms with Gasteiger partial charge < -0.3 is 4.74 Å². The van der Waals surface area contributed by atoms with Crippen LogP contribution in [0, 0.1) is 0 Å². The van der Waals surface area contributed by atoms with Crippen LogP contribution in [-0.2, 0) is 13.0 Å². The van der Waals surface area contributed by atoms with Crippen molar-refractivity contribution < 1.29 is 18.3 Å². The number of hydrogen-bond acceptors (Lipinski definition) is 3. The van der Waals surface area contributed by atoms with Gasteiger partial charge >= 0.3 is 6.61 Å². The second-order valence-corrected chi connectivity index (χ2v) is 4.18. The number of aromatic nitrogens is 2. The van der Waals surface area contributed by atoms with Crippen LogP contribution >= 0.6 is 0 Å². The van der Waals surface area contributed by atoms with Gasteiger partial charge in [-0.2, -0.15) is 13.9 Å². The number of ketones is 1. The number of ether oxygens (including phenoxy) is 1. The van der Waals surface area contributed by atoms with E-state index in [9.17, 15) is 13.6 Å². The first-order chi connectivity index (χ1) is 9.60. The maximum absolute atomic E-state index is 12.3. The molecule has 2 aromatic rings. The number of hydrogen-bond donors (Lipinski definition) is 0. The summed E-state index contributed by atoms with van der Waals surface area (Å²) in [5.74, 6) is -0.382. The normalized spacial score (nSPS) is 10.8. The van der Waals surface area contributed by atoms with E-state index >= 15 is 0 Å². The van der Waals surface area contributed by atoms with E-state index in [0.29, 0.717) is 6.54 Å². The molecular weight excluding hydrogens is 266 g/mol. The van der Waals surface area contributed by atoms with E-state index in [4.69, 9.17) is 0 Å². The van der Waals surface area contributed by atoms with Crippen molar-refractivity contribution in [2.75, 3.05) is 0 Å². The Hall–Kier alpha value is -2.24. The molecule has 0 saturated carbocycles. The van der Waals surface area contributed by atoms with Crippen LogP contribution in [0.3, 0.4) is 0 Å². The van der Waals surface area contributed by atoms with Crippen molar-refractivity contribution in [1.29, 1.82) is 0 Å². The Balaban J connectivity index is 2.16. The van der Waals surface area contributed by atoms with Gasteiger partial charge in [-0.1, -0.05) is 12.1 Å². The quantitative estimate of drug-likeness (QED) is 0.764. The molecule has 1 aromatic heterocycles. The summed E-state index contributed by atoms with van der Waals surface area (Å²) >= 11 is 0. The van der Waals surface area contributed by atoms with Crippen LogP contribution in [0.1, 0.15) is 22.8 Å². The number of aryl methyl sites for hydroxylation is 1. The van der Waals surface area contributed by atoms with Crippen LogP contribution in [-0.4, -0.2) is 22.2 Å². The lowest BCUT2D eigenvalue weighted by molar-refractivity contribution is -0.0501. The van der Waals surface area contributed by atoms with Gasteiger partial charge in [-0.3, -0.25) is 9.48 Å². The molecule has 0 atom stereocenters. The fraction of sp³-hybridized carbons (Fsp3) is 0.286. The molecule has 1 aromatic carbocycles. The Kier molecular flexibility index (Phi) is 4.45. The third kappa shape index (κ3) is 3.40. The predicted octanol–water partition coefficient (Wildman–Crippen LogP) is 2.93. The number of Topliss-reactive ketones (excluding diaryl/α,β-unsaturated/α-hetero) is 1. The zero-order valence-electron chi connectivity index (χ0n) is 10.9. The number of halogens is 2. The fourth-order valence-electron chi connectivity index (χ4n) is 1.85. The molecule has 4 nitrogen and oxygen atoms in total. The molecule has 0 aliphatic heterocycles. The third-order valence-electron chi connectivity index (χ3n) is 2.78. The van der Waals surface area contributed by atoms with Crippen LogP contribution in [0.15, 0.2) is 36.7 Å². The summed E-state index contributed by atoms with van der Waals surface area (Å²) in [7, 11) is 0. The zero-order chi connectivity index (χ0) is 14.5. The van der Waals surface area contributed by atoms with Gasteiger partial charge in [0.1, 0.15) is 5.75 Å². The first kappa shape index (κ1) is 14.2. The number of carbonyl (C=O) groups excluding carboxylic acids is 1. The van der Waals surface area contributed by atoms with Gasteiger partial charge in [0.15, 0.2) is 5.78 Å². The van der Waals surface area contributed by atoms with Crippen LogP contribution in [0.2, 0.25) is 0 Å². The SMILES string of the molecule is CCn1cc(CC(=O)c2ccccc2OC(F)F)cn1. The van der Waals surface area contributed by atoms with Crippen molar-refractivity contribution in [2.24, 2.45) is 0 Å². The minimum atomic E-state index is -2.95. The van der Waals surface area contributed by atoms with E-state index in [1.54, 1.807) is 29.2 Å². The van der Waals surface area contributed by atoms with Gasteiger partial charge in [0.25, 0.3) is 0 Å². The Morgan fingerprint density at radius 3 is 2.80 bits per heavy atom. The van der Waals surface area contributed by atoms with Crippen molar-refractivity contribution >= 4 is 5.78 Å². The lowest BCUT2D eigenvalue weighted by Gasteiger charge is -2.09. The monoisotopic (exact) mass is 280 g/mol. The summed E-state index contributed by atoms with van der Waals surface area (Å²) in [6.45, 7) is -0.310. The summed E-state index contributed by atoms with van der Waals surface area (Å²) in [6.07, 6.45) is 3.45. The van der Waals surface area contributed by atoms with Crippen LogP contribution < -0.4 is 4.74 Å². The minimum absolute atomic E-state index is 0.101. The summed E-state index contributed by atoms with van der Waals surface area (Å²) in [5.41, 5.74) is 0.890. The Morgan fingerprint density at radius 1 is 1.40 bits per heavy atom. The van der Waals surface area contributed by atoms with E-state index in [0.717, 1.165) is 5.56 Å². The van der Waals surface area contributed by atoms with E-state index in [-0.39, 0.29) is 23.5 Å². The molecule has 0 saturated heterocycles. The molecule has 0 radical (unpaired) electrons. The molecule has 0 fully saturated rings. The summed E-state index contributed by atoms with van der Waals surface area (Å²) in [6, 6.07) is 5.99. The van der Waals surface area contributed by atoms with Crippen molar-refractivity contribution in [1.82, 2.24) is 9.78 Å². The average Bonchev–Trinajstić information content (AvgIpc) is 2.86. The van der Waals surface area contributed by atoms with Gasteiger partial charge in [-0.25, -0.2) is 0 Å². The number of para-hydroxylation sites is 1. The molecule has 0 unspecified atom stereocenters. The maximum atomic E-state index is 12.3. The second-order valence-electron chi connectivity index (χ2n) is 4.18. The standard InChI is InChI=1S/C14H14F2N2O2/c1-2-18-9-10(8-17-18)7-12(19)11-5-3-4-6-13(11)20-14(15)16/h3-6,8-9,14H,2,7H2,1H3. The largest absolute Gasteiger partial charge is 0.434 e. The Labute approximate surface area is 115 Å². The molecule has 0 amide bonds. The first-order valence-electron chi connectivity index (χ1n) is 6.18. The van der Waals surface area contributed by atoms with Crippen LogP contribution in [0.25, 0.3) is 0 Å². The molecule has 0 bridgehead atoms. The van der Waals surface area contributed by atoms with Gasteiger partial charge in [0, 0.05) is 19.2 Å². The van der Waals surface area contributed by atoms with Gasteiger partial charge in [0.2, 0.25) is 0 Å². The fourth-order valence-corrected chi connectivity index (χ4v) is 1.85. The lowest BCUT2D eigenvalue weighted by atomic mass is 10.0. The highest BCUT2D eigenvalue weighted by molar-refractivity contribution is 5.99. The average molecular weight is 280 g/mol. The molecular formula is C14H14F2N2O2. The number of benzene rings is 1. The van der Waals surface area contributed by atoms with Crippen LogP contribution in [0.5, 0.6) is 5.75 Å². The molecule has 0 spiro atoms. The molecule has 6 heteroatoms. The topological polar surface area (TPSA) is 44.1 Å². The second kappa shape index (κ2) is 6.27. The Morgan fingerprint density at radius 2 is 2.15 bits per heavy atom. The highest BCUT2D eigenvalue weighted by Gasteiger charge is 2.16. The lowest BCUT2D eigenvalue weighted by Crippen LogP contribution is -2.09. The van der Waals surface area contributed by atoms with Gasteiger partial charge in [-0.15, -0.1) is 0 Å².